The maximum absolute atomic E-state index is 13.7. The zero-order chi connectivity index (χ0) is 13.0. The molecule has 0 amide bonds. The van der Waals surface area contributed by atoms with Gasteiger partial charge in [0.05, 0.1) is 0 Å². The summed E-state index contributed by atoms with van der Waals surface area (Å²) >= 11 is 3.28. The summed E-state index contributed by atoms with van der Waals surface area (Å²) in [5.74, 6) is 0.570. The van der Waals surface area contributed by atoms with Gasteiger partial charge in [0.25, 0.3) is 0 Å². The lowest BCUT2D eigenvalue weighted by molar-refractivity contribution is 0.235. The van der Waals surface area contributed by atoms with Crippen LogP contribution in [0.3, 0.4) is 0 Å². The van der Waals surface area contributed by atoms with Crippen molar-refractivity contribution in [3.05, 3.63) is 34.1 Å². The van der Waals surface area contributed by atoms with Crippen molar-refractivity contribution in [1.82, 2.24) is 10.2 Å². The Kier molecular flexibility index (Phi) is 5.15. The molecule has 0 spiro atoms. The second-order valence-electron chi connectivity index (χ2n) is 5.14. The van der Waals surface area contributed by atoms with Crippen LogP contribution in [-0.2, 0) is 6.54 Å². The van der Waals surface area contributed by atoms with Crippen LogP contribution >= 0.6 is 15.9 Å². The third-order valence-electron chi connectivity index (χ3n) is 3.42. The van der Waals surface area contributed by atoms with E-state index in [0.29, 0.717) is 12.5 Å². The van der Waals surface area contributed by atoms with Crippen LogP contribution in [0.4, 0.5) is 4.39 Å². The third-order valence-corrected chi connectivity index (χ3v) is 3.92. The van der Waals surface area contributed by atoms with Crippen molar-refractivity contribution in [2.45, 2.75) is 19.4 Å². The number of benzene rings is 1. The van der Waals surface area contributed by atoms with Crippen LogP contribution in [0.25, 0.3) is 0 Å². The van der Waals surface area contributed by atoms with E-state index >= 15 is 0 Å². The van der Waals surface area contributed by atoms with Crippen molar-refractivity contribution in [3.63, 3.8) is 0 Å². The quantitative estimate of drug-likeness (QED) is 0.919. The van der Waals surface area contributed by atoms with Gasteiger partial charge in [0, 0.05) is 23.1 Å². The summed E-state index contributed by atoms with van der Waals surface area (Å²) in [6.07, 6.45) is 2.53. The number of hydrogen-bond donors (Lipinski definition) is 1. The first-order valence-electron chi connectivity index (χ1n) is 6.48. The topological polar surface area (TPSA) is 15.3 Å². The molecule has 1 fully saturated rings. The number of halogens is 2. The highest BCUT2D eigenvalue weighted by molar-refractivity contribution is 9.10. The highest BCUT2D eigenvalue weighted by atomic mass is 79.9. The minimum Gasteiger partial charge on any atom is -0.316 e. The number of nitrogens with one attached hydrogen (secondary N) is 1. The zero-order valence-electron chi connectivity index (χ0n) is 10.8. The Morgan fingerprint density at radius 1 is 1.50 bits per heavy atom. The maximum Gasteiger partial charge on any atom is 0.128 e. The van der Waals surface area contributed by atoms with E-state index in [-0.39, 0.29) is 5.82 Å². The predicted octanol–water partition coefficient (Wildman–Crippen LogP) is 3.02. The van der Waals surface area contributed by atoms with Crippen molar-refractivity contribution in [2.75, 3.05) is 26.7 Å². The van der Waals surface area contributed by atoms with Crippen molar-refractivity contribution >= 4 is 15.9 Å². The Hall–Kier alpha value is -0.450. The molecule has 1 N–H and O–H groups in total. The van der Waals surface area contributed by atoms with Gasteiger partial charge in [0.1, 0.15) is 5.82 Å². The van der Waals surface area contributed by atoms with Crippen LogP contribution in [-0.4, -0.2) is 31.6 Å². The SMILES string of the molecule is CN(Cc1ccc(Br)cc1F)CC1CCCNC1. The van der Waals surface area contributed by atoms with E-state index in [9.17, 15) is 4.39 Å². The average molecular weight is 315 g/mol. The molecule has 0 aromatic heterocycles. The largest absolute Gasteiger partial charge is 0.316 e. The van der Waals surface area contributed by atoms with Crippen LogP contribution in [0, 0.1) is 11.7 Å². The molecule has 0 aliphatic carbocycles. The van der Waals surface area contributed by atoms with Gasteiger partial charge in [-0.05, 0) is 51.0 Å². The van der Waals surface area contributed by atoms with Gasteiger partial charge in [-0.2, -0.15) is 0 Å². The fourth-order valence-electron chi connectivity index (χ4n) is 2.53. The molecule has 1 aromatic carbocycles. The molecular weight excluding hydrogens is 295 g/mol. The minimum atomic E-state index is -0.127. The Balaban J connectivity index is 1.87. The van der Waals surface area contributed by atoms with Gasteiger partial charge in [-0.25, -0.2) is 4.39 Å². The first-order chi connectivity index (χ1) is 8.65. The summed E-state index contributed by atoms with van der Waals surface area (Å²) in [6, 6.07) is 5.29. The molecule has 2 rings (SSSR count). The van der Waals surface area contributed by atoms with Gasteiger partial charge < -0.3 is 10.2 Å². The molecule has 18 heavy (non-hydrogen) atoms. The summed E-state index contributed by atoms with van der Waals surface area (Å²) in [6.45, 7) is 3.94. The lowest BCUT2D eigenvalue weighted by atomic mass is 9.99. The smallest absolute Gasteiger partial charge is 0.128 e. The molecule has 1 saturated heterocycles. The first-order valence-corrected chi connectivity index (χ1v) is 7.27. The molecule has 1 heterocycles. The highest BCUT2D eigenvalue weighted by Crippen LogP contribution is 2.18. The molecule has 0 radical (unpaired) electrons. The van der Waals surface area contributed by atoms with Crippen molar-refractivity contribution < 1.29 is 4.39 Å². The van der Waals surface area contributed by atoms with E-state index in [0.717, 1.165) is 29.7 Å². The van der Waals surface area contributed by atoms with Crippen molar-refractivity contribution in [3.8, 4) is 0 Å². The van der Waals surface area contributed by atoms with E-state index in [1.165, 1.54) is 18.9 Å². The monoisotopic (exact) mass is 314 g/mol. The predicted molar refractivity (Wildman–Crippen MR) is 76.0 cm³/mol. The van der Waals surface area contributed by atoms with Crippen LogP contribution in [0.1, 0.15) is 18.4 Å². The molecular formula is C14H20BrFN2. The number of hydrogen-bond acceptors (Lipinski definition) is 2. The number of piperidine rings is 1. The normalized spacial score (nSPS) is 20.3. The van der Waals surface area contributed by atoms with Crippen molar-refractivity contribution in [2.24, 2.45) is 5.92 Å². The van der Waals surface area contributed by atoms with E-state index < -0.39 is 0 Å². The van der Waals surface area contributed by atoms with Gasteiger partial charge >= 0.3 is 0 Å². The van der Waals surface area contributed by atoms with E-state index in [1.54, 1.807) is 0 Å². The van der Waals surface area contributed by atoms with E-state index in [2.05, 4.69) is 33.2 Å². The van der Waals surface area contributed by atoms with E-state index in [1.807, 2.05) is 12.1 Å². The highest BCUT2D eigenvalue weighted by Gasteiger charge is 2.15. The second kappa shape index (κ2) is 6.64. The molecule has 100 valence electrons. The Morgan fingerprint density at radius 2 is 2.33 bits per heavy atom. The molecule has 4 heteroatoms. The summed E-state index contributed by atoms with van der Waals surface area (Å²) in [4.78, 5) is 2.21. The Morgan fingerprint density at radius 3 is 3.00 bits per heavy atom. The molecule has 0 bridgehead atoms. The lowest BCUT2D eigenvalue weighted by Gasteiger charge is -2.27. The van der Waals surface area contributed by atoms with Gasteiger partial charge in [-0.15, -0.1) is 0 Å². The number of nitrogens with zero attached hydrogens (tertiary/aromatic N) is 1. The average Bonchev–Trinajstić information content (AvgIpc) is 2.34. The van der Waals surface area contributed by atoms with Crippen LogP contribution in [0.2, 0.25) is 0 Å². The van der Waals surface area contributed by atoms with Crippen LogP contribution in [0.15, 0.2) is 22.7 Å². The molecule has 1 atom stereocenters. The van der Waals surface area contributed by atoms with Crippen LogP contribution < -0.4 is 5.32 Å². The summed E-state index contributed by atoms with van der Waals surface area (Å²) in [5.41, 5.74) is 0.768. The molecule has 1 aliphatic heterocycles. The van der Waals surface area contributed by atoms with Gasteiger partial charge in [0.2, 0.25) is 0 Å². The second-order valence-corrected chi connectivity index (χ2v) is 6.06. The van der Waals surface area contributed by atoms with Gasteiger partial charge in [-0.3, -0.25) is 0 Å². The molecule has 1 unspecified atom stereocenters. The summed E-state index contributed by atoms with van der Waals surface area (Å²) in [5, 5.41) is 3.42. The summed E-state index contributed by atoms with van der Waals surface area (Å²) in [7, 11) is 2.07. The van der Waals surface area contributed by atoms with Crippen molar-refractivity contribution in [1.29, 1.82) is 0 Å². The lowest BCUT2D eigenvalue weighted by Crippen LogP contribution is -2.36. The Bertz CT molecular complexity index is 391. The van der Waals surface area contributed by atoms with Gasteiger partial charge in [0.15, 0.2) is 0 Å². The standard InChI is InChI=1S/C14H20BrFN2/c1-18(9-11-3-2-6-17-8-11)10-12-4-5-13(15)7-14(12)16/h4-5,7,11,17H,2-3,6,8-10H2,1H3. The molecule has 1 aromatic rings. The fraction of sp³-hybridized carbons (Fsp3) is 0.571. The zero-order valence-corrected chi connectivity index (χ0v) is 12.3. The maximum atomic E-state index is 13.7. The summed E-state index contributed by atoms with van der Waals surface area (Å²) < 4.78 is 14.5. The minimum absolute atomic E-state index is 0.127. The Labute approximate surface area is 117 Å². The third kappa shape index (κ3) is 4.04. The fourth-order valence-corrected chi connectivity index (χ4v) is 2.86. The first kappa shape index (κ1) is 14.0. The molecule has 1 aliphatic rings. The number of rotatable bonds is 4. The molecule has 0 saturated carbocycles. The molecule has 2 nitrogen and oxygen atoms in total. The van der Waals surface area contributed by atoms with Crippen LogP contribution in [0.5, 0.6) is 0 Å². The van der Waals surface area contributed by atoms with Gasteiger partial charge in [-0.1, -0.05) is 22.0 Å². The van der Waals surface area contributed by atoms with E-state index in [4.69, 9.17) is 0 Å².